The maximum atomic E-state index is 11.8. The van der Waals surface area contributed by atoms with Crippen LogP contribution < -0.4 is 4.90 Å². The molecule has 3 heterocycles. The van der Waals surface area contributed by atoms with Gasteiger partial charge in [0.1, 0.15) is 0 Å². The first-order chi connectivity index (χ1) is 11.5. The Morgan fingerprint density at radius 2 is 2.25 bits per heavy atom. The van der Waals surface area contributed by atoms with E-state index in [0.717, 1.165) is 37.8 Å². The molecule has 0 bridgehead atoms. The van der Waals surface area contributed by atoms with Gasteiger partial charge in [0.25, 0.3) is 0 Å². The molecule has 24 heavy (non-hydrogen) atoms. The lowest BCUT2D eigenvalue weighted by Crippen LogP contribution is -2.40. The lowest BCUT2D eigenvalue weighted by atomic mass is 9.98. The Kier molecular flexibility index (Phi) is 5.30. The maximum Gasteiger partial charge on any atom is 0.225 e. The standard InChI is InChI=1S/C17H22N4O2S/c1-20(2)10-12-4-3-7-21(11-12)17-18-6-5-13(19-17)8-15-14(22)9-16(23)24-15/h5-6,8,12H,3-4,7,9-11H2,1-2H3/b15-8-. The summed E-state index contributed by atoms with van der Waals surface area (Å²) in [7, 11) is 4.19. The van der Waals surface area contributed by atoms with Crippen LogP contribution in [0.3, 0.4) is 0 Å². The van der Waals surface area contributed by atoms with Crippen LogP contribution in [0.4, 0.5) is 5.95 Å². The van der Waals surface area contributed by atoms with Crippen molar-refractivity contribution in [2.24, 2.45) is 5.92 Å². The molecule has 6 nitrogen and oxygen atoms in total. The number of anilines is 1. The third kappa shape index (κ3) is 4.21. The van der Waals surface area contributed by atoms with Crippen LogP contribution in [-0.4, -0.2) is 59.5 Å². The third-order valence-corrected chi connectivity index (χ3v) is 5.11. The molecule has 1 aromatic heterocycles. The molecule has 0 saturated carbocycles. The average Bonchev–Trinajstić information content (AvgIpc) is 2.85. The Morgan fingerprint density at radius 1 is 1.42 bits per heavy atom. The van der Waals surface area contributed by atoms with Crippen molar-refractivity contribution < 1.29 is 9.59 Å². The van der Waals surface area contributed by atoms with Gasteiger partial charge in [0.15, 0.2) is 5.78 Å². The van der Waals surface area contributed by atoms with Crippen molar-refractivity contribution in [3.8, 4) is 0 Å². The molecule has 1 aromatic rings. The summed E-state index contributed by atoms with van der Waals surface area (Å²) in [4.78, 5) is 37.0. The molecule has 7 heteroatoms. The minimum atomic E-state index is -0.116. The SMILES string of the molecule is CN(C)CC1CCCN(c2nccc(/C=C3\SC(=O)CC3=O)n2)C1. The van der Waals surface area contributed by atoms with Crippen LogP contribution in [0.1, 0.15) is 25.0 Å². The molecule has 128 valence electrons. The normalized spacial score (nSPS) is 23.5. The fourth-order valence-corrected chi connectivity index (χ4v) is 4.00. The van der Waals surface area contributed by atoms with Crippen molar-refractivity contribution in [1.29, 1.82) is 0 Å². The van der Waals surface area contributed by atoms with E-state index in [1.165, 1.54) is 6.42 Å². The van der Waals surface area contributed by atoms with Crippen LogP contribution in [0, 0.1) is 5.92 Å². The number of nitrogens with zero attached hydrogens (tertiary/aromatic N) is 4. The average molecular weight is 346 g/mol. The number of thioether (sulfide) groups is 1. The highest BCUT2D eigenvalue weighted by Gasteiger charge is 2.26. The molecular weight excluding hydrogens is 324 g/mol. The predicted octanol–water partition coefficient (Wildman–Crippen LogP) is 1.83. The zero-order valence-electron chi connectivity index (χ0n) is 14.1. The van der Waals surface area contributed by atoms with Gasteiger partial charge in [-0.25, -0.2) is 9.97 Å². The van der Waals surface area contributed by atoms with Crippen molar-refractivity contribution in [2.45, 2.75) is 19.3 Å². The summed E-state index contributed by atoms with van der Waals surface area (Å²) in [5.41, 5.74) is 0.681. The minimum Gasteiger partial charge on any atom is -0.340 e. The number of hydrogen-bond acceptors (Lipinski definition) is 7. The number of rotatable bonds is 4. The molecule has 0 aromatic carbocycles. The van der Waals surface area contributed by atoms with Gasteiger partial charge in [-0.05, 0) is 56.8 Å². The van der Waals surface area contributed by atoms with Crippen LogP contribution >= 0.6 is 11.8 Å². The summed E-state index contributed by atoms with van der Waals surface area (Å²) >= 11 is 1.01. The molecule has 2 fully saturated rings. The third-order valence-electron chi connectivity index (χ3n) is 4.17. The molecule has 0 aliphatic carbocycles. The quantitative estimate of drug-likeness (QED) is 0.608. The molecule has 2 aliphatic heterocycles. The Bertz CT molecular complexity index is 674. The van der Waals surface area contributed by atoms with Gasteiger partial charge in [0, 0.05) is 25.8 Å². The Hall–Kier alpha value is -1.73. The molecule has 2 saturated heterocycles. The number of ketones is 1. The molecular formula is C17H22N4O2S. The van der Waals surface area contributed by atoms with Crippen molar-refractivity contribution in [3.63, 3.8) is 0 Å². The van der Waals surface area contributed by atoms with Gasteiger partial charge < -0.3 is 9.80 Å². The lowest BCUT2D eigenvalue weighted by Gasteiger charge is -2.34. The number of aromatic nitrogens is 2. The minimum absolute atomic E-state index is 0.00716. The lowest BCUT2D eigenvalue weighted by molar-refractivity contribution is -0.119. The van der Waals surface area contributed by atoms with E-state index >= 15 is 0 Å². The van der Waals surface area contributed by atoms with Crippen LogP contribution in [0.5, 0.6) is 0 Å². The second-order valence-corrected chi connectivity index (χ2v) is 7.68. The molecule has 1 atom stereocenters. The van der Waals surface area contributed by atoms with E-state index in [1.807, 2.05) is 0 Å². The first-order valence-electron chi connectivity index (χ1n) is 8.19. The zero-order chi connectivity index (χ0) is 17.1. The van der Waals surface area contributed by atoms with Crippen LogP contribution in [0.25, 0.3) is 6.08 Å². The van der Waals surface area contributed by atoms with Crippen molar-refractivity contribution >= 4 is 34.7 Å². The Labute approximate surface area is 146 Å². The van der Waals surface area contributed by atoms with Gasteiger partial charge in [-0.15, -0.1) is 0 Å². The number of carbonyl (C=O) groups excluding carboxylic acids is 2. The highest BCUT2D eigenvalue weighted by molar-refractivity contribution is 8.18. The van der Waals surface area contributed by atoms with Crippen LogP contribution in [0.2, 0.25) is 0 Å². The van der Waals surface area contributed by atoms with Crippen molar-refractivity contribution in [3.05, 3.63) is 22.9 Å². The van der Waals surface area contributed by atoms with Gasteiger partial charge in [0.2, 0.25) is 11.1 Å². The molecule has 0 N–H and O–H groups in total. The fourth-order valence-electron chi connectivity index (χ4n) is 3.18. The Balaban J connectivity index is 1.74. The molecule has 0 spiro atoms. The van der Waals surface area contributed by atoms with Crippen molar-refractivity contribution in [1.82, 2.24) is 14.9 Å². The van der Waals surface area contributed by atoms with Gasteiger partial charge in [-0.2, -0.15) is 0 Å². The van der Waals surface area contributed by atoms with E-state index in [-0.39, 0.29) is 17.3 Å². The smallest absolute Gasteiger partial charge is 0.225 e. The number of Topliss-reactive ketones (excluding diaryl/α,β-unsaturated/α-hetero) is 1. The summed E-state index contributed by atoms with van der Waals surface area (Å²) in [6.07, 6.45) is 5.77. The van der Waals surface area contributed by atoms with E-state index in [4.69, 9.17) is 0 Å². The Morgan fingerprint density at radius 3 is 2.96 bits per heavy atom. The van der Waals surface area contributed by atoms with E-state index in [0.29, 0.717) is 22.5 Å². The van der Waals surface area contributed by atoms with Crippen LogP contribution in [0.15, 0.2) is 17.2 Å². The summed E-state index contributed by atoms with van der Waals surface area (Å²) < 4.78 is 0. The first-order valence-corrected chi connectivity index (χ1v) is 9.01. The highest BCUT2D eigenvalue weighted by Crippen LogP contribution is 2.30. The predicted molar refractivity (Wildman–Crippen MR) is 95.7 cm³/mol. The summed E-state index contributed by atoms with van der Waals surface area (Å²) in [6.45, 7) is 2.97. The van der Waals surface area contributed by atoms with Crippen molar-refractivity contribution in [2.75, 3.05) is 38.6 Å². The van der Waals surface area contributed by atoms with Gasteiger partial charge in [-0.1, -0.05) is 0 Å². The summed E-state index contributed by atoms with van der Waals surface area (Å²) in [6, 6.07) is 1.77. The van der Waals surface area contributed by atoms with E-state index < -0.39 is 0 Å². The number of allylic oxidation sites excluding steroid dienone is 1. The van der Waals surface area contributed by atoms with E-state index in [1.54, 1.807) is 18.3 Å². The number of hydrogen-bond donors (Lipinski definition) is 0. The van der Waals surface area contributed by atoms with Gasteiger partial charge in [0.05, 0.1) is 17.0 Å². The molecule has 0 radical (unpaired) electrons. The second kappa shape index (κ2) is 7.44. The monoisotopic (exact) mass is 346 g/mol. The van der Waals surface area contributed by atoms with Gasteiger partial charge >= 0.3 is 0 Å². The molecule has 0 amide bonds. The van der Waals surface area contributed by atoms with Crippen LogP contribution in [-0.2, 0) is 9.59 Å². The summed E-state index contributed by atoms with van der Waals surface area (Å²) in [5, 5.41) is -0.0944. The number of carbonyl (C=O) groups is 2. The molecule has 1 unspecified atom stereocenters. The fraction of sp³-hybridized carbons (Fsp3) is 0.529. The first kappa shape index (κ1) is 17.1. The van der Waals surface area contributed by atoms with E-state index in [9.17, 15) is 9.59 Å². The molecule has 3 rings (SSSR count). The highest BCUT2D eigenvalue weighted by atomic mass is 32.2. The second-order valence-electron chi connectivity index (χ2n) is 6.58. The summed E-state index contributed by atoms with van der Waals surface area (Å²) in [5.74, 6) is 1.20. The zero-order valence-corrected chi connectivity index (χ0v) is 14.9. The maximum absolute atomic E-state index is 11.8. The largest absolute Gasteiger partial charge is 0.340 e. The molecule has 2 aliphatic rings. The van der Waals surface area contributed by atoms with Gasteiger partial charge in [-0.3, -0.25) is 9.59 Å². The topological polar surface area (TPSA) is 66.4 Å². The number of piperidine rings is 1. The van der Waals surface area contributed by atoms with E-state index in [2.05, 4.69) is 33.9 Å².